The van der Waals surface area contributed by atoms with Crippen LogP contribution in [0.5, 0.6) is 0 Å². The Hall–Kier alpha value is -2.76. The van der Waals surface area contributed by atoms with E-state index in [1.54, 1.807) is 24.2 Å². The SMILES string of the molecule is CCc1ncc(C(=O)N2CCN(Cc3cccc(C)c3)C(=O)[C@@H]2C)cn1. The van der Waals surface area contributed by atoms with Crippen molar-refractivity contribution in [2.24, 2.45) is 0 Å². The summed E-state index contributed by atoms with van der Waals surface area (Å²) in [4.78, 5) is 37.3. The van der Waals surface area contributed by atoms with Gasteiger partial charge < -0.3 is 9.80 Å². The van der Waals surface area contributed by atoms with E-state index in [2.05, 4.69) is 16.0 Å². The number of aromatic nitrogens is 2. The smallest absolute Gasteiger partial charge is 0.257 e. The van der Waals surface area contributed by atoms with Crippen molar-refractivity contribution in [2.75, 3.05) is 13.1 Å². The van der Waals surface area contributed by atoms with Gasteiger partial charge in [-0.05, 0) is 19.4 Å². The minimum atomic E-state index is -0.494. The molecule has 1 saturated heterocycles. The molecule has 2 heterocycles. The molecule has 1 fully saturated rings. The number of aryl methyl sites for hydroxylation is 2. The van der Waals surface area contributed by atoms with Crippen LogP contribution in [0.2, 0.25) is 0 Å². The molecule has 1 aliphatic heterocycles. The molecule has 26 heavy (non-hydrogen) atoms. The number of hydrogen-bond donors (Lipinski definition) is 0. The Balaban J connectivity index is 1.69. The molecule has 2 amide bonds. The van der Waals surface area contributed by atoms with E-state index in [9.17, 15) is 9.59 Å². The van der Waals surface area contributed by atoms with Gasteiger partial charge in [-0.2, -0.15) is 0 Å². The van der Waals surface area contributed by atoms with Crippen LogP contribution in [-0.4, -0.2) is 50.7 Å². The van der Waals surface area contributed by atoms with E-state index in [0.29, 0.717) is 31.0 Å². The molecule has 136 valence electrons. The highest BCUT2D eigenvalue weighted by Crippen LogP contribution is 2.17. The maximum atomic E-state index is 12.8. The van der Waals surface area contributed by atoms with Gasteiger partial charge in [0.25, 0.3) is 5.91 Å². The number of benzene rings is 1. The molecule has 0 saturated carbocycles. The van der Waals surface area contributed by atoms with Gasteiger partial charge in [0.05, 0.1) is 5.56 Å². The first kappa shape index (κ1) is 18.0. The summed E-state index contributed by atoms with van der Waals surface area (Å²) in [5.41, 5.74) is 2.70. The highest BCUT2D eigenvalue weighted by Gasteiger charge is 2.34. The first-order valence-corrected chi connectivity index (χ1v) is 8.95. The van der Waals surface area contributed by atoms with Crippen LogP contribution < -0.4 is 0 Å². The largest absolute Gasteiger partial charge is 0.335 e. The number of amides is 2. The van der Waals surface area contributed by atoms with Gasteiger partial charge in [0.2, 0.25) is 5.91 Å². The first-order chi connectivity index (χ1) is 12.5. The van der Waals surface area contributed by atoms with Crippen LogP contribution in [-0.2, 0) is 17.8 Å². The van der Waals surface area contributed by atoms with Gasteiger partial charge in [0, 0.05) is 38.4 Å². The van der Waals surface area contributed by atoms with E-state index in [0.717, 1.165) is 12.0 Å². The molecule has 1 aromatic heterocycles. The molecule has 1 aromatic carbocycles. The van der Waals surface area contributed by atoms with E-state index < -0.39 is 6.04 Å². The van der Waals surface area contributed by atoms with Crippen molar-refractivity contribution in [1.82, 2.24) is 19.8 Å². The van der Waals surface area contributed by atoms with E-state index in [4.69, 9.17) is 0 Å². The van der Waals surface area contributed by atoms with E-state index in [1.165, 1.54) is 5.56 Å². The molecule has 1 aliphatic rings. The highest BCUT2D eigenvalue weighted by molar-refractivity contribution is 5.97. The molecule has 6 nitrogen and oxygen atoms in total. The summed E-state index contributed by atoms with van der Waals surface area (Å²) in [5.74, 6) is 0.481. The van der Waals surface area contributed by atoms with Crippen molar-refractivity contribution in [3.8, 4) is 0 Å². The Kier molecular flexibility index (Phi) is 5.30. The van der Waals surface area contributed by atoms with Gasteiger partial charge in [0.1, 0.15) is 11.9 Å². The monoisotopic (exact) mass is 352 g/mol. The lowest BCUT2D eigenvalue weighted by Gasteiger charge is -2.39. The molecule has 0 N–H and O–H groups in total. The summed E-state index contributed by atoms with van der Waals surface area (Å²) in [7, 11) is 0. The number of piperazine rings is 1. The second-order valence-corrected chi connectivity index (χ2v) is 6.66. The molecular formula is C20H24N4O2. The Bertz CT molecular complexity index is 804. The Morgan fingerprint density at radius 2 is 1.96 bits per heavy atom. The maximum absolute atomic E-state index is 12.8. The standard InChI is InChI=1S/C20H24N4O2/c1-4-18-21-11-17(12-22-18)20(26)24-9-8-23(19(25)15(24)3)13-16-7-5-6-14(2)10-16/h5-7,10-12,15H,4,8-9,13H2,1-3H3/t15-/m0/s1. The lowest BCUT2D eigenvalue weighted by molar-refractivity contribution is -0.140. The summed E-state index contributed by atoms with van der Waals surface area (Å²) in [6, 6.07) is 7.65. The minimum absolute atomic E-state index is 0.0304. The Morgan fingerprint density at radius 1 is 1.23 bits per heavy atom. The number of rotatable bonds is 4. The molecule has 0 radical (unpaired) electrons. The third kappa shape index (κ3) is 3.74. The van der Waals surface area contributed by atoms with Crippen LogP contribution in [0.15, 0.2) is 36.7 Å². The quantitative estimate of drug-likeness (QED) is 0.846. The summed E-state index contributed by atoms with van der Waals surface area (Å²) < 4.78 is 0. The van der Waals surface area contributed by atoms with Crippen LogP contribution in [0.4, 0.5) is 0 Å². The van der Waals surface area contributed by atoms with E-state index in [-0.39, 0.29) is 11.8 Å². The zero-order valence-electron chi connectivity index (χ0n) is 15.5. The van der Waals surface area contributed by atoms with Gasteiger partial charge in [0.15, 0.2) is 0 Å². The average Bonchev–Trinajstić information content (AvgIpc) is 2.65. The van der Waals surface area contributed by atoms with Crippen LogP contribution in [0, 0.1) is 6.92 Å². The lowest BCUT2D eigenvalue weighted by atomic mass is 10.1. The Labute approximate surface area is 153 Å². The van der Waals surface area contributed by atoms with Crippen molar-refractivity contribution < 1.29 is 9.59 Å². The fraction of sp³-hybridized carbons (Fsp3) is 0.400. The fourth-order valence-electron chi connectivity index (χ4n) is 3.21. The molecule has 0 spiro atoms. The molecule has 1 atom stereocenters. The topological polar surface area (TPSA) is 66.4 Å². The first-order valence-electron chi connectivity index (χ1n) is 8.95. The van der Waals surface area contributed by atoms with Gasteiger partial charge >= 0.3 is 0 Å². The summed E-state index contributed by atoms with van der Waals surface area (Å²) in [6.45, 7) is 7.39. The van der Waals surface area contributed by atoms with Crippen LogP contribution in [0.25, 0.3) is 0 Å². The zero-order chi connectivity index (χ0) is 18.7. The third-order valence-corrected chi connectivity index (χ3v) is 4.73. The molecule has 3 rings (SSSR count). The highest BCUT2D eigenvalue weighted by atomic mass is 16.2. The number of carbonyl (C=O) groups is 2. The second-order valence-electron chi connectivity index (χ2n) is 6.66. The van der Waals surface area contributed by atoms with Gasteiger partial charge in [-0.15, -0.1) is 0 Å². The van der Waals surface area contributed by atoms with E-state index >= 15 is 0 Å². The molecule has 2 aromatic rings. The van der Waals surface area contributed by atoms with Crippen molar-refractivity contribution >= 4 is 11.8 Å². The maximum Gasteiger partial charge on any atom is 0.257 e. The van der Waals surface area contributed by atoms with Crippen LogP contribution in [0.1, 0.15) is 41.2 Å². The minimum Gasteiger partial charge on any atom is -0.335 e. The average molecular weight is 352 g/mol. The van der Waals surface area contributed by atoms with Crippen LogP contribution >= 0.6 is 0 Å². The summed E-state index contributed by atoms with van der Waals surface area (Å²) in [6.07, 6.45) is 3.82. The van der Waals surface area contributed by atoms with Crippen LogP contribution in [0.3, 0.4) is 0 Å². The van der Waals surface area contributed by atoms with Crippen molar-refractivity contribution in [3.05, 3.63) is 59.2 Å². The van der Waals surface area contributed by atoms with Gasteiger partial charge in [-0.3, -0.25) is 9.59 Å². The third-order valence-electron chi connectivity index (χ3n) is 4.73. The zero-order valence-corrected chi connectivity index (χ0v) is 15.5. The van der Waals surface area contributed by atoms with Gasteiger partial charge in [-0.1, -0.05) is 36.8 Å². The Morgan fingerprint density at radius 3 is 2.62 bits per heavy atom. The summed E-state index contributed by atoms with van der Waals surface area (Å²) in [5, 5.41) is 0. The lowest BCUT2D eigenvalue weighted by Crippen LogP contribution is -2.57. The normalized spacial score (nSPS) is 17.5. The molecule has 6 heteroatoms. The predicted octanol–water partition coefficient (Wildman–Crippen LogP) is 2.22. The van der Waals surface area contributed by atoms with Crippen molar-refractivity contribution in [2.45, 2.75) is 39.8 Å². The second kappa shape index (κ2) is 7.64. The summed E-state index contributed by atoms with van der Waals surface area (Å²) >= 11 is 0. The molecule has 0 bridgehead atoms. The van der Waals surface area contributed by atoms with Gasteiger partial charge in [-0.25, -0.2) is 9.97 Å². The van der Waals surface area contributed by atoms with Crippen molar-refractivity contribution in [1.29, 1.82) is 0 Å². The molecule has 0 unspecified atom stereocenters. The van der Waals surface area contributed by atoms with Crippen molar-refractivity contribution in [3.63, 3.8) is 0 Å². The number of carbonyl (C=O) groups excluding carboxylic acids is 2. The number of hydrogen-bond acceptors (Lipinski definition) is 4. The number of nitrogens with zero attached hydrogens (tertiary/aromatic N) is 4. The molecular weight excluding hydrogens is 328 g/mol. The molecule has 0 aliphatic carbocycles. The van der Waals surface area contributed by atoms with E-state index in [1.807, 2.05) is 36.9 Å². The fourth-order valence-corrected chi connectivity index (χ4v) is 3.21. The predicted molar refractivity (Wildman–Crippen MR) is 98.5 cm³/mol.